The molecule has 136 valence electrons. The summed E-state index contributed by atoms with van der Waals surface area (Å²) in [5.74, 6) is 2.89. The lowest BCUT2D eigenvalue weighted by Gasteiger charge is -2.18. The molecule has 3 aromatic rings. The summed E-state index contributed by atoms with van der Waals surface area (Å²) in [6.07, 6.45) is 2.65. The third-order valence-corrected chi connectivity index (χ3v) is 4.50. The Balaban J connectivity index is 1.63. The van der Waals surface area contributed by atoms with Gasteiger partial charge in [0.2, 0.25) is 0 Å². The quantitative estimate of drug-likeness (QED) is 0.572. The standard InChI is InChI=1S/C22H25NO3/c1-24-18-11-9-17(10-12-18)16-23-14-13-20(22-8-5-15-26-22)19-6-3-4-7-21(19)25-2/h3-12,15,20,23H,13-14,16H2,1-2H3. The molecule has 1 atom stereocenters. The van der Waals surface area contributed by atoms with E-state index in [1.54, 1.807) is 20.5 Å². The molecule has 1 heterocycles. The van der Waals surface area contributed by atoms with Gasteiger partial charge >= 0.3 is 0 Å². The van der Waals surface area contributed by atoms with E-state index in [-0.39, 0.29) is 5.92 Å². The second kappa shape index (κ2) is 9.11. The van der Waals surface area contributed by atoms with Crippen LogP contribution < -0.4 is 14.8 Å². The van der Waals surface area contributed by atoms with Crippen LogP contribution >= 0.6 is 0 Å². The smallest absolute Gasteiger partial charge is 0.122 e. The second-order valence-corrected chi connectivity index (χ2v) is 6.12. The summed E-state index contributed by atoms with van der Waals surface area (Å²) in [5, 5.41) is 3.52. The summed E-state index contributed by atoms with van der Waals surface area (Å²) in [7, 11) is 3.39. The zero-order chi connectivity index (χ0) is 18.2. The van der Waals surface area contributed by atoms with Gasteiger partial charge in [0, 0.05) is 18.0 Å². The molecule has 0 saturated heterocycles. The average molecular weight is 351 g/mol. The molecular formula is C22H25NO3. The summed E-state index contributed by atoms with van der Waals surface area (Å²) in [6.45, 7) is 1.69. The van der Waals surface area contributed by atoms with Crippen LogP contribution in [-0.4, -0.2) is 20.8 Å². The van der Waals surface area contributed by atoms with E-state index in [4.69, 9.17) is 13.9 Å². The summed E-state index contributed by atoms with van der Waals surface area (Å²) in [4.78, 5) is 0. The first-order chi connectivity index (χ1) is 12.8. The Labute approximate surface area is 154 Å². The topological polar surface area (TPSA) is 43.6 Å². The van der Waals surface area contributed by atoms with Crippen LogP contribution in [0.25, 0.3) is 0 Å². The fourth-order valence-electron chi connectivity index (χ4n) is 3.12. The molecule has 26 heavy (non-hydrogen) atoms. The molecule has 1 N–H and O–H groups in total. The first kappa shape index (κ1) is 18.1. The Hall–Kier alpha value is -2.72. The van der Waals surface area contributed by atoms with E-state index in [2.05, 4.69) is 23.5 Å². The van der Waals surface area contributed by atoms with Gasteiger partial charge in [0.1, 0.15) is 17.3 Å². The van der Waals surface area contributed by atoms with E-state index < -0.39 is 0 Å². The van der Waals surface area contributed by atoms with Gasteiger partial charge in [-0.3, -0.25) is 0 Å². The van der Waals surface area contributed by atoms with Crippen LogP contribution in [0.4, 0.5) is 0 Å². The number of methoxy groups -OCH3 is 2. The monoisotopic (exact) mass is 351 g/mol. The number of furan rings is 1. The number of ether oxygens (including phenoxy) is 2. The number of hydrogen-bond donors (Lipinski definition) is 1. The Kier molecular flexibility index (Phi) is 6.34. The minimum atomic E-state index is 0.157. The second-order valence-electron chi connectivity index (χ2n) is 6.12. The molecule has 0 spiro atoms. The normalized spacial score (nSPS) is 11.9. The molecule has 3 rings (SSSR count). The molecule has 0 aliphatic carbocycles. The van der Waals surface area contributed by atoms with Gasteiger partial charge in [0.25, 0.3) is 0 Å². The Bertz CT molecular complexity index is 781. The van der Waals surface area contributed by atoms with Gasteiger partial charge in [-0.1, -0.05) is 30.3 Å². The molecule has 0 fully saturated rings. The lowest BCUT2D eigenvalue weighted by atomic mass is 9.92. The maximum atomic E-state index is 5.69. The maximum Gasteiger partial charge on any atom is 0.122 e. The minimum Gasteiger partial charge on any atom is -0.497 e. The van der Waals surface area contributed by atoms with Crippen LogP contribution in [0.2, 0.25) is 0 Å². The van der Waals surface area contributed by atoms with E-state index >= 15 is 0 Å². The third-order valence-electron chi connectivity index (χ3n) is 4.50. The van der Waals surface area contributed by atoms with Crippen molar-refractivity contribution >= 4 is 0 Å². The number of nitrogens with one attached hydrogen (secondary N) is 1. The molecule has 1 aromatic heterocycles. The highest BCUT2D eigenvalue weighted by Crippen LogP contribution is 2.34. The number of hydrogen-bond acceptors (Lipinski definition) is 4. The van der Waals surface area contributed by atoms with E-state index in [1.807, 2.05) is 42.5 Å². The number of rotatable bonds is 9. The molecule has 0 saturated carbocycles. The van der Waals surface area contributed by atoms with Crippen molar-refractivity contribution in [3.63, 3.8) is 0 Å². The van der Waals surface area contributed by atoms with Crippen molar-refractivity contribution < 1.29 is 13.9 Å². The van der Waals surface area contributed by atoms with Crippen molar-refractivity contribution in [3.8, 4) is 11.5 Å². The van der Waals surface area contributed by atoms with Gasteiger partial charge in [0.15, 0.2) is 0 Å². The van der Waals surface area contributed by atoms with Crippen LogP contribution in [0.15, 0.2) is 71.3 Å². The Morgan fingerprint density at radius 3 is 2.42 bits per heavy atom. The molecule has 0 radical (unpaired) electrons. The molecule has 4 heteroatoms. The van der Waals surface area contributed by atoms with Crippen LogP contribution in [0.5, 0.6) is 11.5 Å². The number of para-hydroxylation sites is 1. The Morgan fingerprint density at radius 2 is 1.73 bits per heavy atom. The molecule has 0 aliphatic rings. The first-order valence-electron chi connectivity index (χ1n) is 8.81. The van der Waals surface area contributed by atoms with E-state index in [0.717, 1.165) is 42.3 Å². The highest BCUT2D eigenvalue weighted by molar-refractivity contribution is 5.40. The van der Waals surface area contributed by atoms with Gasteiger partial charge in [-0.15, -0.1) is 0 Å². The van der Waals surface area contributed by atoms with Gasteiger partial charge in [-0.05, 0) is 48.9 Å². The number of benzene rings is 2. The lowest BCUT2D eigenvalue weighted by molar-refractivity contribution is 0.398. The largest absolute Gasteiger partial charge is 0.497 e. The zero-order valence-electron chi connectivity index (χ0n) is 15.3. The average Bonchev–Trinajstić information content (AvgIpc) is 3.23. The highest BCUT2D eigenvalue weighted by atomic mass is 16.5. The van der Waals surface area contributed by atoms with Crippen molar-refractivity contribution in [3.05, 3.63) is 83.8 Å². The zero-order valence-corrected chi connectivity index (χ0v) is 15.3. The minimum absolute atomic E-state index is 0.157. The van der Waals surface area contributed by atoms with Crippen LogP contribution in [0.3, 0.4) is 0 Å². The first-order valence-corrected chi connectivity index (χ1v) is 8.81. The molecule has 0 amide bonds. The third kappa shape index (κ3) is 4.46. The van der Waals surface area contributed by atoms with Crippen molar-refractivity contribution in [1.82, 2.24) is 5.32 Å². The molecule has 1 unspecified atom stereocenters. The molecule has 0 bridgehead atoms. The lowest BCUT2D eigenvalue weighted by Crippen LogP contribution is -2.18. The maximum absolute atomic E-state index is 5.69. The van der Waals surface area contributed by atoms with Crippen molar-refractivity contribution in [2.75, 3.05) is 20.8 Å². The van der Waals surface area contributed by atoms with Gasteiger partial charge in [-0.2, -0.15) is 0 Å². The molecular weight excluding hydrogens is 326 g/mol. The van der Waals surface area contributed by atoms with Gasteiger partial charge in [-0.25, -0.2) is 0 Å². The van der Waals surface area contributed by atoms with Gasteiger partial charge in [0.05, 0.1) is 20.5 Å². The highest BCUT2D eigenvalue weighted by Gasteiger charge is 2.20. The molecule has 2 aromatic carbocycles. The van der Waals surface area contributed by atoms with Crippen LogP contribution in [-0.2, 0) is 6.54 Å². The predicted molar refractivity (Wildman–Crippen MR) is 103 cm³/mol. The van der Waals surface area contributed by atoms with E-state index in [0.29, 0.717) is 0 Å². The molecule has 0 aliphatic heterocycles. The van der Waals surface area contributed by atoms with Gasteiger partial charge < -0.3 is 19.2 Å². The van der Waals surface area contributed by atoms with E-state index in [1.165, 1.54) is 5.56 Å². The fraction of sp³-hybridized carbons (Fsp3) is 0.273. The van der Waals surface area contributed by atoms with Crippen molar-refractivity contribution in [2.24, 2.45) is 0 Å². The van der Waals surface area contributed by atoms with E-state index in [9.17, 15) is 0 Å². The predicted octanol–water partition coefficient (Wildman–Crippen LogP) is 4.61. The summed E-state index contributed by atoms with van der Waals surface area (Å²) >= 11 is 0. The summed E-state index contributed by atoms with van der Waals surface area (Å²) < 4.78 is 16.4. The summed E-state index contributed by atoms with van der Waals surface area (Å²) in [5.41, 5.74) is 2.38. The molecule has 4 nitrogen and oxygen atoms in total. The summed E-state index contributed by atoms with van der Waals surface area (Å²) in [6, 6.07) is 20.2. The van der Waals surface area contributed by atoms with Crippen LogP contribution in [0.1, 0.15) is 29.2 Å². The SMILES string of the molecule is COc1ccc(CNCCC(c2ccco2)c2ccccc2OC)cc1. The van der Waals surface area contributed by atoms with Crippen LogP contribution in [0, 0.1) is 0 Å². The van der Waals surface area contributed by atoms with Crippen molar-refractivity contribution in [1.29, 1.82) is 0 Å². The fourth-order valence-corrected chi connectivity index (χ4v) is 3.12. The Morgan fingerprint density at radius 1 is 0.923 bits per heavy atom. The van der Waals surface area contributed by atoms with Crippen molar-refractivity contribution in [2.45, 2.75) is 18.9 Å².